The molecule has 0 radical (unpaired) electrons. The molecule has 4 rings (SSSR count). The number of anilines is 1. The van der Waals surface area contributed by atoms with Gasteiger partial charge in [-0.15, -0.1) is 0 Å². The van der Waals surface area contributed by atoms with Gasteiger partial charge >= 0.3 is 0 Å². The van der Waals surface area contributed by atoms with Crippen LogP contribution in [-0.2, 0) is 16.0 Å². The highest BCUT2D eigenvalue weighted by atomic mass is 16.2. The first-order valence-corrected chi connectivity index (χ1v) is 10.3. The minimum Gasteiger partial charge on any atom is -0.361 e. The van der Waals surface area contributed by atoms with Crippen LogP contribution in [0.1, 0.15) is 28.4 Å². The Labute approximate surface area is 185 Å². The Bertz CT molecular complexity index is 1280. The standard InChI is InChI=1S/C26H23N3O3/c1-17(30)28-24(15-20-16-27-23-13-6-5-12-22(20)23)26(32)29-21-11-7-10-19(14-21)25(31)18-8-3-2-4-9-18/h2-14,16,24,27H,15H2,1H3,(H,28,30)(H,29,32). The molecule has 0 saturated carbocycles. The van der Waals surface area contributed by atoms with Crippen molar-refractivity contribution >= 4 is 34.2 Å². The van der Waals surface area contributed by atoms with E-state index in [0.717, 1.165) is 16.5 Å². The Morgan fingerprint density at radius 1 is 0.875 bits per heavy atom. The molecule has 0 spiro atoms. The molecule has 3 N–H and O–H groups in total. The molecule has 32 heavy (non-hydrogen) atoms. The van der Waals surface area contributed by atoms with Crippen molar-refractivity contribution in [3.63, 3.8) is 0 Å². The summed E-state index contributed by atoms with van der Waals surface area (Å²) in [6.07, 6.45) is 2.18. The minimum atomic E-state index is -0.764. The molecule has 0 saturated heterocycles. The number of aromatic amines is 1. The number of hydrogen-bond donors (Lipinski definition) is 3. The van der Waals surface area contributed by atoms with E-state index >= 15 is 0 Å². The number of nitrogens with one attached hydrogen (secondary N) is 3. The summed E-state index contributed by atoms with van der Waals surface area (Å²) in [5.41, 5.74) is 3.44. The van der Waals surface area contributed by atoms with Crippen LogP contribution in [0.4, 0.5) is 5.69 Å². The summed E-state index contributed by atoms with van der Waals surface area (Å²) in [5.74, 6) is -0.772. The maximum atomic E-state index is 13.0. The molecule has 1 atom stereocenters. The van der Waals surface area contributed by atoms with Crippen LogP contribution in [0.5, 0.6) is 0 Å². The van der Waals surface area contributed by atoms with E-state index < -0.39 is 6.04 Å². The molecule has 2 amide bonds. The van der Waals surface area contributed by atoms with E-state index in [1.54, 1.807) is 36.4 Å². The molecule has 1 unspecified atom stereocenters. The fraction of sp³-hybridized carbons (Fsp3) is 0.115. The van der Waals surface area contributed by atoms with Crippen LogP contribution in [0.3, 0.4) is 0 Å². The first-order chi connectivity index (χ1) is 15.5. The normalized spacial score (nSPS) is 11.7. The highest BCUT2D eigenvalue weighted by molar-refractivity contribution is 6.10. The molecule has 1 heterocycles. The largest absolute Gasteiger partial charge is 0.361 e. The molecule has 0 fully saturated rings. The summed E-state index contributed by atoms with van der Waals surface area (Å²) in [5, 5.41) is 6.58. The van der Waals surface area contributed by atoms with Crippen LogP contribution in [0.25, 0.3) is 10.9 Å². The number of H-pyrrole nitrogens is 1. The lowest BCUT2D eigenvalue weighted by atomic mass is 10.0. The highest BCUT2D eigenvalue weighted by Gasteiger charge is 2.22. The first kappa shape index (κ1) is 21.1. The van der Waals surface area contributed by atoms with E-state index in [2.05, 4.69) is 15.6 Å². The third-order valence-corrected chi connectivity index (χ3v) is 5.22. The van der Waals surface area contributed by atoms with Gasteiger partial charge < -0.3 is 15.6 Å². The van der Waals surface area contributed by atoms with Gasteiger partial charge in [0.15, 0.2) is 5.78 Å². The number of aromatic nitrogens is 1. The van der Waals surface area contributed by atoms with Crippen molar-refractivity contribution in [2.45, 2.75) is 19.4 Å². The lowest BCUT2D eigenvalue weighted by molar-refractivity contribution is -0.125. The average molecular weight is 425 g/mol. The molecular weight excluding hydrogens is 402 g/mol. The van der Waals surface area contributed by atoms with Gasteiger partial charge in [-0.1, -0.05) is 60.7 Å². The number of carbonyl (C=O) groups excluding carboxylic acids is 3. The van der Waals surface area contributed by atoms with Crippen LogP contribution < -0.4 is 10.6 Å². The van der Waals surface area contributed by atoms with Gasteiger partial charge in [0.1, 0.15) is 6.04 Å². The highest BCUT2D eigenvalue weighted by Crippen LogP contribution is 2.20. The first-order valence-electron chi connectivity index (χ1n) is 10.3. The van der Waals surface area contributed by atoms with Crippen molar-refractivity contribution in [2.75, 3.05) is 5.32 Å². The van der Waals surface area contributed by atoms with Gasteiger partial charge in [0.25, 0.3) is 0 Å². The molecule has 0 aliphatic rings. The van der Waals surface area contributed by atoms with Crippen molar-refractivity contribution in [1.29, 1.82) is 0 Å². The zero-order valence-corrected chi connectivity index (χ0v) is 17.6. The van der Waals surface area contributed by atoms with E-state index in [1.807, 2.05) is 48.7 Å². The van der Waals surface area contributed by atoms with Crippen LogP contribution >= 0.6 is 0 Å². The summed E-state index contributed by atoms with van der Waals surface area (Å²) in [7, 11) is 0. The Balaban J connectivity index is 1.53. The Hall–Kier alpha value is -4.19. The predicted molar refractivity (Wildman–Crippen MR) is 125 cm³/mol. The molecule has 4 aromatic rings. The van der Waals surface area contributed by atoms with Crippen LogP contribution in [0.2, 0.25) is 0 Å². The number of carbonyl (C=O) groups is 3. The molecule has 160 valence electrons. The molecular formula is C26H23N3O3. The monoisotopic (exact) mass is 425 g/mol. The third-order valence-electron chi connectivity index (χ3n) is 5.22. The van der Waals surface area contributed by atoms with E-state index in [-0.39, 0.29) is 17.6 Å². The molecule has 6 nitrogen and oxygen atoms in total. The quantitative estimate of drug-likeness (QED) is 0.390. The van der Waals surface area contributed by atoms with Crippen molar-refractivity contribution in [3.05, 3.63) is 102 Å². The Morgan fingerprint density at radius 2 is 1.59 bits per heavy atom. The van der Waals surface area contributed by atoms with Crippen molar-refractivity contribution in [1.82, 2.24) is 10.3 Å². The molecule has 6 heteroatoms. The lowest BCUT2D eigenvalue weighted by Crippen LogP contribution is -2.44. The van der Waals surface area contributed by atoms with Crippen molar-refractivity contribution < 1.29 is 14.4 Å². The Morgan fingerprint density at radius 3 is 2.38 bits per heavy atom. The van der Waals surface area contributed by atoms with Crippen LogP contribution in [0, 0.1) is 0 Å². The third kappa shape index (κ3) is 4.75. The van der Waals surface area contributed by atoms with Crippen LogP contribution in [0.15, 0.2) is 85.1 Å². The topological polar surface area (TPSA) is 91.1 Å². The minimum absolute atomic E-state index is 0.126. The summed E-state index contributed by atoms with van der Waals surface area (Å²) in [4.78, 5) is 40.7. The number of fused-ring (bicyclic) bond motifs is 1. The summed E-state index contributed by atoms with van der Waals surface area (Å²) in [6.45, 7) is 1.38. The second kappa shape index (κ2) is 9.31. The maximum Gasteiger partial charge on any atom is 0.247 e. The fourth-order valence-corrected chi connectivity index (χ4v) is 3.70. The van der Waals surface area contributed by atoms with Gasteiger partial charge in [-0.3, -0.25) is 14.4 Å². The zero-order chi connectivity index (χ0) is 22.5. The maximum absolute atomic E-state index is 13.0. The summed E-state index contributed by atoms with van der Waals surface area (Å²) in [6, 6.07) is 22.8. The predicted octanol–water partition coefficient (Wildman–Crippen LogP) is 4.08. The molecule has 0 bridgehead atoms. The number of benzene rings is 3. The van der Waals surface area contributed by atoms with Gasteiger partial charge in [-0.25, -0.2) is 0 Å². The SMILES string of the molecule is CC(=O)NC(Cc1c[nH]c2ccccc12)C(=O)Nc1cccc(C(=O)c2ccccc2)c1. The second-order valence-corrected chi connectivity index (χ2v) is 7.58. The molecule has 3 aromatic carbocycles. The van der Waals surface area contributed by atoms with Crippen LogP contribution in [-0.4, -0.2) is 28.6 Å². The molecule has 1 aromatic heterocycles. The average Bonchev–Trinajstić information content (AvgIpc) is 3.21. The van der Waals surface area contributed by atoms with E-state index in [4.69, 9.17) is 0 Å². The second-order valence-electron chi connectivity index (χ2n) is 7.58. The number of hydrogen-bond acceptors (Lipinski definition) is 3. The smallest absolute Gasteiger partial charge is 0.247 e. The van der Waals surface area contributed by atoms with Gasteiger partial charge in [-0.2, -0.15) is 0 Å². The summed E-state index contributed by atoms with van der Waals surface area (Å²) < 4.78 is 0. The van der Waals surface area contributed by atoms with E-state index in [9.17, 15) is 14.4 Å². The van der Waals surface area contributed by atoms with Gasteiger partial charge in [0.05, 0.1) is 0 Å². The van der Waals surface area contributed by atoms with Gasteiger partial charge in [0, 0.05) is 47.3 Å². The lowest BCUT2D eigenvalue weighted by Gasteiger charge is -2.18. The number of rotatable bonds is 7. The number of amides is 2. The molecule has 0 aliphatic carbocycles. The number of ketones is 1. The van der Waals surface area contributed by atoms with Gasteiger partial charge in [-0.05, 0) is 23.8 Å². The number of para-hydroxylation sites is 1. The van der Waals surface area contributed by atoms with E-state index in [0.29, 0.717) is 23.2 Å². The summed E-state index contributed by atoms with van der Waals surface area (Å²) >= 11 is 0. The Kier molecular flexibility index (Phi) is 6.12. The molecule has 0 aliphatic heterocycles. The zero-order valence-electron chi connectivity index (χ0n) is 17.6. The van der Waals surface area contributed by atoms with Crippen molar-refractivity contribution in [2.24, 2.45) is 0 Å². The fourth-order valence-electron chi connectivity index (χ4n) is 3.70. The van der Waals surface area contributed by atoms with Crippen molar-refractivity contribution in [3.8, 4) is 0 Å². The van der Waals surface area contributed by atoms with Gasteiger partial charge in [0.2, 0.25) is 11.8 Å². The van der Waals surface area contributed by atoms with E-state index in [1.165, 1.54) is 6.92 Å².